The van der Waals surface area contributed by atoms with Crippen LogP contribution < -0.4 is 5.73 Å². The Hall–Kier alpha value is -0.160. The normalized spacial score (nSPS) is 25.2. The Balaban J connectivity index is 2.33. The van der Waals surface area contributed by atoms with E-state index in [0.29, 0.717) is 13.2 Å². The van der Waals surface area contributed by atoms with E-state index >= 15 is 0 Å². The lowest BCUT2D eigenvalue weighted by Gasteiger charge is -2.33. The zero-order valence-electron chi connectivity index (χ0n) is 7.57. The van der Waals surface area contributed by atoms with E-state index in [9.17, 15) is 5.11 Å². The molecule has 0 spiro atoms. The van der Waals surface area contributed by atoms with Crippen LogP contribution in [0, 0.1) is 0 Å². The maximum absolute atomic E-state index is 9.69. The average molecular weight is 174 g/mol. The average Bonchev–Trinajstić information content (AvgIpc) is 2.17. The number of rotatable bonds is 3. The predicted molar refractivity (Wildman–Crippen MR) is 46.7 cm³/mol. The molecule has 1 aliphatic heterocycles. The Morgan fingerprint density at radius 3 is 2.58 bits per heavy atom. The van der Waals surface area contributed by atoms with Gasteiger partial charge in [0.05, 0.1) is 13.2 Å². The number of hydrogen-bond donors (Lipinski definition) is 2. The van der Waals surface area contributed by atoms with Crippen molar-refractivity contribution < 1.29 is 9.84 Å². The molecule has 1 rings (SSSR count). The van der Waals surface area contributed by atoms with Crippen LogP contribution in [0.4, 0.5) is 0 Å². The Labute approximate surface area is 73.3 Å². The molecule has 2 atom stereocenters. The van der Waals surface area contributed by atoms with Crippen LogP contribution in [0.3, 0.4) is 0 Å². The van der Waals surface area contributed by atoms with Crippen LogP contribution in [0.2, 0.25) is 0 Å². The van der Waals surface area contributed by atoms with Gasteiger partial charge in [-0.2, -0.15) is 0 Å². The molecular formula is C8H18N2O2. The fraction of sp³-hybridized carbons (Fsp3) is 1.00. The number of ether oxygens (including phenoxy) is 1. The summed E-state index contributed by atoms with van der Waals surface area (Å²) in [5.41, 5.74) is 5.71. The molecule has 12 heavy (non-hydrogen) atoms. The van der Waals surface area contributed by atoms with Crippen molar-refractivity contribution in [3.05, 3.63) is 0 Å². The quantitative estimate of drug-likeness (QED) is 0.598. The van der Waals surface area contributed by atoms with Crippen molar-refractivity contribution in [2.75, 3.05) is 26.3 Å². The first-order chi connectivity index (χ1) is 5.75. The van der Waals surface area contributed by atoms with Crippen molar-refractivity contribution in [1.29, 1.82) is 0 Å². The molecular weight excluding hydrogens is 156 g/mol. The lowest BCUT2D eigenvalue weighted by molar-refractivity contribution is -0.0694. The van der Waals surface area contributed by atoms with Crippen molar-refractivity contribution in [2.45, 2.75) is 25.6 Å². The molecule has 0 aromatic heterocycles. The van der Waals surface area contributed by atoms with Crippen LogP contribution in [-0.4, -0.2) is 48.6 Å². The zero-order valence-corrected chi connectivity index (χ0v) is 7.57. The monoisotopic (exact) mass is 174 g/mol. The van der Waals surface area contributed by atoms with Crippen molar-refractivity contribution in [1.82, 2.24) is 4.90 Å². The van der Waals surface area contributed by atoms with Gasteiger partial charge in [-0.25, -0.2) is 0 Å². The van der Waals surface area contributed by atoms with Gasteiger partial charge in [-0.15, -0.1) is 0 Å². The molecule has 4 heteroatoms. The van der Waals surface area contributed by atoms with Gasteiger partial charge in [0, 0.05) is 19.1 Å². The van der Waals surface area contributed by atoms with E-state index in [1.165, 1.54) is 0 Å². The minimum Gasteiger partial charge on any atom is -0.379 e. The summed E-state index contributed by atoms with van der Waals surface area (Å²) in [5, 5.41) is 9.69. The molecule has 72 valence electrons. The highest BCUT2D eigenvalue weighted by Gasteiger charge is 2.22. The topological polar surface area (TPSA) is 58.7 Å². The van der Waals surface area contributed by atoms with Crippen LogP contribution in [0.25, 0.3) is 0 Å². The highest BCUT2D eigenvalue weighted by molar-refractivity contribution is 4.73. The molecule has 1 heterocycles. The van der Waals surface area contributed by atoms with E-state index in [-0.39, 0.29) is 6.04 Å². The second-order valence-corrected chi connectivity index (χ2v) is 3.13. The van der Waals surface area contributed by atoms with Gasteiger partial charge in [0.25, 0.3) is 0 Å². The summed E-state index contributed by atoms with van der Waals surface area (Å²) in [4.78, 5) is 1.97. The van der Waals surface area contributed by atoms with Gasteiger partial charge in [-0.1, -0.05) is 6.92 Å². The second-order valence-electron chi connectivity index (χ2n) is 3.13. The summed E-state index contributed by atoms with van der Waals surface area (Å²) in [6.45, 7) is 4.96. The van der Waals surface area contributed by atoms with Gasteiger partial charge in [0.1, 0.15) is 6.23 Å². The van der Waals surface area contributed by atoms with E-state index in [2.05, 4.69) is 0 Å². The van der Waals surface area contributed by atoms with Crippen LogP contribution in [0.5, 0.6) is 0 Å². The summed E-state index contributed by atoms with van der Waals surface area (Å²) in [6.07, 6.45) is 0.303. The second kappa shape index (κ2) is 4.77. The fourth-order valence-electron chi connectivity index (χ4n) is 1.32. The smallest absolute Gasteiger partial charge is 0.122 e. The van der Waals surface area contributed by atoms with Crippen molar-refractivity contribution in [3.8, 4) is 0 Å². The number of hydrogen-bond acceptors (Lipinski definition) is 4. The summed E-state index contributed by atoms with van der Waals surface area (Å²) >= 11 is 0. The predicted octanol–water partition coefficient (Wildman–Crippen LogP) is -0.626. The van der Waals surface area contributed by atoms with Crippen molar-refractivity contribution >= 4 is 0 Å². The third-order valence-corrected chi connectivity index (χ3v) is 2.27. The lowest BCUT2D eigenvalue weighted by Crippen LogP contribution is -2.51. The molecule has 1 saturated heterocycles. The van der Waals surface area contributed by atoms with Gasteiger partial charge >= 0.3 is 0 Å². The van der Waals surface area contributed by atoms with Crippen LogP contribution in [-0.2, 0) is 4.74 Å². The van der Waals surface area contributed by atoms with E-state index in [0.717, 1.165) is 19.5 Å². The number of nitrogens with zero attached hydrogens (tertiary/aromatic N) is 1. The molecule has 1 aliphatic rings. The molecule has 0 amide bonds. The standard InChI is InChI=1S/C8H18N2O2/c1-2-7(9)8(11)10-3-5-12-6-4-10/h7-8,11H,2-6,9H2,1H3/t7-,8?/m0/s1. The Bertz CT molecular complexity index is 126. The molecule has 0 bridgehead atoms. The molecule has 3 N–H and O–H groups in total. The minimum absolute atomic E-state index is 0.136. The van der Waals surface area contributed by atoms with Crippen LogP contribution >= 0.6 is 0 Å². The first kappa shape index (κ1) is 9.92. The highest BCUT2D eigenvalue weighted by atomic mass is 16.5. The van der Waals surface area contributed by atoms with Crippen molar-refractivity contribution in [2.24, 2.45) is 5.73 Å². The molecule has 0 aliphatic carbocycles. The van der Waals surface area contributed by atoms with Gasteiger partial charge < -0.3 is 15.6 Å². The van der Waals surface area contributed by atoms with Gasteiger partial charge in [0.15, 0.2) is 0 Å². The number of nitrogens with two attached hydrogens (primary N) is 1. The highest BCUT2D eigenvalue weighted by Crippen LogP contribution is 2.05. The third kappa shape index (κ3) is 2.42. The van der Waals surface area contributed by atoms with E-state index in [1.807, 2.05) is 11.8 Å². The number of aliphatic hydroxyl groups is 1. The fourth-order valence-corrected chi connectivity index (χ4v) is 1.32. The molecule has 0 aromatic carbocycles. The number of aliphatic hydroxyl groups excluding tert-OH is 1. The largest absolute Gasteiger partial charge is 0.379 e. The Kier molecular flexibility index (Phi) is 3.94. The van der Waals surface area contributed by atoms with Crippen LogP contribution in [0.15, 0.2) is 0 Å². The van der Waals surface area contributed by atoms with E-state index in [1.54, 1.807) is 0 Å². The SMILES string of the molecule is CC[C@H](N)C(O)N1CCOCC1. The molecule has 1 fully saturated rings. The number of morpholine rings is 1. The Morgan fingerprint density at radius 2 is 2.08 bits per heavy atom. The third-order valence-electron chi connectivity index (χ3n) is 2.27. The maximum atomic E-state index is 9.69. The lowest BCUT2D eigenvalue weighted by atomic mass is 10.2. The summed E-state index contributed by atoms with van der Waals surface area (Å²) in [5.74, 6) is 0. The maximum Gasteiger partial charge on any atom is 0.122 e. The minimum atomic E-state index is -0.501. The van der Waals surface area contributed by atoms with Gasteiger partial charge in [0.2, 0.25) is 0 Å². The molecule has 0 saturated carbocycles. The Morgan fingerprint density at radius 1 is 1.50 bits per heavy atom. The van der Waals surface area contributed by atoms with E-state index in [4.69, 9.17) is 10.5 Å². The molecule has 0 aromatic rings. The van der Waals surface area contributed by atoms with E-state index < -0.39 is 6.23 Å². The molecule has 1 unspecified atom stereocenters. The van der Waals surface area contributed by atoms with Gasteiger partial charge in [-0.3, -0.25) is 4.90 Å². The van der Waals surface area contributed by atoms with Crippen LogP contribution in [0.1, 0.15) is 13.3 Å². The van der Waals surface area contributed by atoms with Gasteiger partial charge in [-0.05, 0) is 6.42 Å². The summed E-state index contributed by atoms with van der Waals surface area (Å²) in [7, 11) is 0. The summed E-state index contributed by atoms with van der Waals surface area (Å²) < 4.78 is 5.17. The first-order valence-corrected chi connectivity index (χ1v) is 4.51. The molecule has 0 radical (unpaired) electrons. The summed E-state index contributed by atoms with van der Waals surface area (Å²) in [6, 6.07) is -0.136. The molecule has 4 nitrogen and oxygen atoms in total. The van der Waals surface area contributed by atoms with Crippen molar-refractivity contribution in [3.63, 3.8) is 0 Å². The zero-order chi connectivity index (χ0) is 8.97. The first-order valence-electron chi connectivity index (χ1n) is 4.51.